The Labute approximate surface area is 61.3 Å². The third-order valence-corrected chi connectivity index (χ3v) is 1.99. The Kier molecular flexibility index (Phi) is 1.83. The van der Waals surface area contributed by atoms with Gasteiger partial charge in [-0.3, -0.25) is 0 Å². The molecule has 3 heteroatoms. The standard InChI is InChI=1S/C7H10BNO/c1-3-6-4-7(6,2)9-5-8-10/h3,5-6H,1,4H2,2H3. The van der Waals surface area contributed by atoms with E-state index in [2.05, 4.69) is 11.6 Å². The summed E-state index contributed by atoms with van der Waals surface area (Å²) >= 11 is 0. The topological polar surface area (TPSA) is 29.4 Å². The van der Waals surface area contributed by atoms with E-state index in [1.807, 2.05) is 13.0 Å². The first-order chi connectivity index (χ1) is 4.73. The summed E-state index contributed by atoms with van der Waals surface area (Å²) in [6, 6.07) is 0. The molecule has 1 rings (SSSR count). The average molecular weight is 135 g/mol. The fourth-order valence-electron chi connectivity index (χ4n) is 1.07. The van der Waals surface area contributed by atoms with Crippen LogP contribution in [0.25, 0.3) is 0 Å². The van der Waals surface area contributed by atoms with Gasteiger partial charge in [0.1, 0.15) is 0 Å². The molecule has 1 aliphatic carbocycles. The van der Waals surface area contributed by atoms with E-state index in [-0.39, 0.29) is 5.54 Å². The van der Waals surface area contributed by atoms with E-state index in [0.717, 1.165) is 6.42 Å². The first kappa shape index (κ1) is 7.38. The van der Waals surface area contributed by atoms with Crippen molar-refractivity contribution in [2.24, 2.45) is 10.9 Å². The van der Waals surface area contributed by atoms with E-state index in [9.17, 15) is 4.70 Å². The van der Waals surface area contributed by atoms with Crippen LogP contribution in [0.5, 0.6) is 0 Å². The Morgan fingerprint density at radius 3 is 3.00 bits per heavy atom. The van der Waals surface area contributed by atoms with Gasteiger partial charge in [-0.05, 0) is 0 Å². The molecular formula is C7H10BNO. The van der Waals surface area contributed by atoms with Gasteiger partial charge >= 0.3 is 60.4 Å². The summed E-state index contributed by atoms with van der Waals surface area (Å²) in [5.74, 6) is 0.476. The van der Waals surface area contributed by atoms with E-state index >= 15 is 0 Å². The van der Waals surface area contributed by atoms with Crippen LogP contribution in [-0.4, -0.2) is 18.8 Å². The van der Waals surface area contributed by atoms with Crippen molar-refractivity contribution >= 4 is 13.3 Å². The fourth-order valence-corrected chi connectivity index (χ4v) is 1.07. The quantitative estimate of drug-likeness (QED) is 0.322. The minimum atomic E-state index is -0.0112. The summed E-state index contributed by atoms with van der Waals surface area (Å²) in [7, 11) is 0.712. The van der Waals surface area contributed by atoms with E-state index in [1.165, 1.54) is 6.11 Å². The number of rotatable bonds is 3. The molecule has 0 N–H and O–H groups in total. The zero-order valence-electron chi connectivity index (χ0n) is 6.08. The molecule has 0 bridgehead atoms. The van der Waals surface area contributed by atoms with Crippen LogP contribution >= 0.6 is 0 Å². The molecule has 1 saturated carbocycles. The molecule has 0 amide bonds. The predicted molar refractivity (Wildman–Crippen MR) is 41.6 cm³/mol. The van der Waals surface area contributed by atoms with Crippen molar-refractivity contribution in [2.45, 2.75) is 18.9 Å². The van der Waals surface area contributed by atoms with Crippen molar-refractivity contribution in [3.63, 3.8) is 0 Å². The Balaban J connectivity index is 2.50. The van der Waals surface area contributed by atoms with Crippen LogP contribution in [0.3, 0.4) is 0 Å². The van der Waals surface area contributed by atoms with Gasteiger partial charge in [-0.2, -0.15) is 0 Å². The molecule has 2 nitrogen and oxygen atoms in total. The van der Waals surface area contributed by atoms with Gasteiger partial charge < -0.3 is 0 Å². The van der Waals surface area contributed by atoms with Gasteiger partial charge in [0, 0.05) is 0 Å². The molecule has 0 saturated heterocycles. The molecule has 0 aromatic rings. The summed E-state index contributed by atoms with van der Waals surface area (Å²) in [4.78, 5) is 4.07. The van der Waals surface area contributed by atoms with Crippen LogP contribution in [0.4, 0.5) is 0 Å². The molecule has 0 radical (unpaired) electrons. The van der Waals surface area contributed by atoms with E-state index in [0.29, 0.717) is 13.1 Å². The number of hydrogen-bond acceptors (Lipinski definition) is 2. The first-order valence-corrected chi connectivity index (χ1v) is 3.34. The minimum absolute atomic E-state index is 0.0112. The molecule has 0 heterocycles. The van der Waals surface area contributed by atoms with Gasteiger partial charge in [0.05, 0.1) is 0 Å². The zero-order chi connectivity index (χ0) is 7.61. The van der Waals surface area contributed by atoms with Crippen molar-refractivity contribution in [2.75, 3.05) is 0 Å². The number of nitrogens with zero attached hydrogens (tertiary/aromatic N) is 1. The Hall–Kier alpha value is -0.725. The Morgan fingerprint density at radius 2 is 2.60 bits per heavy atom. The van der Waals surface area contributed by atoms with Gasteiger partial charge in [0.15, 0.2) is 0 Å². The molecule has 0 aromatic carbocycles. The molecule has 52 valence electrons. The molecule has 2 atom stereocenters. The zero-order valence-corrected chi connectivity index (χ0v) is 6.08. The van der Waals surface area contributed by atoms with Gasteiger partial charge in [-0.15, -0.1) is 0 Å². The van der Waals surface area contributed by atoms with E-state index < -0.39 is 0 Å². The van der Waals surface area contributed by atoms with Gasteiger partial charge in [-0.25, -0.2) is 0 Å². The summed E-state index contributed by atoms with van der Waals surface area (Å²) in [6.45, 7) is 5.69. The van der Waals surface area contributed by atoms with Gasteiger partial charge in [-0.1, -0.05) is 0 Å². The second-order valence-corrected chi connectivity index (χ2v) is 2.82. The molecule has 0 aromatic heterocycles. The maximum atomic E-state index is 9.90. The van der Waals surface area contributed by atoms with Crippen molar-refractivity contribution < 1.29 is 4.70 Å². The van der Waals surface area contributed by atoms with Crippen LogP contribution in [0, 0.1) is 5.92 Å². The van der Waals surface area contributed by atoms with Crippen LogP contribution < -0.4 is 0 Å². The summed E-state index contributed by atoms with van der Waals surface area (Å²) in [5, 5.41) is 0. The third-order valence-electron chi connectivity index (χ3n) is 1.99. The van der Waals surface area contributed by atoms with Crippen molar-refractivity contribution in [1.82, 2.24) is 0 Å². The van der Waals surface area contributed by atoms with E-state index in [4.69, 9.17) is 0 Å². The predicted octanol–water partition coefficient (Wildman–Crippen LogP) is 1.03. The SMILES string of the molecule is C=CC1CC1(C)N=CB=O. The summed E-state index contributed by atoms with van der Waals surface area (Å²) < 4.78 is 9.90. The first-order valence-electron chi connectivity index (χ1n) is 3.34. The average Bonchev–Trinajstić information content (AvgIpc) is 2.59. The second-order valence-electron chi connectivity index (χ2n) is 2.82. The Bertz CT molecular complexity index is 190. The van der Waals surface area contributed by atoms with Crippen molar-refractivity contribution in [3.05, 3.63) is 12.7 Å². The fraction of sp³-hybridized carbons (Fsp3) is 0.571. The molecule has 1 aliphatic rings. The Morgan fingerprint density at radius 1 is 1.90 bits per heavy atom. The van der Waals surface area contributed by atoms with Crippen molar-refractivity contribution in [3.8, 4) is 0 Å². The van der Waals surface area contributed by atoms with E-state index in [1.54, 1.807) is 0 Å². The van der Waals surface area contributed by atoms with Gasteiger partial charge in [0.25, 0.3) is 0 Å². The number of aliphatic imine (C=N–C) groups is 1. The van der Waals surface area contributed by atoms with Crippen LogP contribution in [0.2, 0.25) is 0 Å². The molecule has 2 unspecified atom stereocenters. The second kappa shape index (κ2) is 2.49. The molecule has 1 fully saturated rings. The third kappa shape index (κ3) is 1.23. The van der Waals surface area contributed by atoms with Crippen molar-refractivity contribution in [1.29, 1.82) is 0 Å². The monoisotopic (exact) mass is 135 g/mol. The summed E-state index contributed by atoms with van der Waals surface area (Å²) in [5.41, 5.74) is -0.0112. The van der Waals surface area contributed by atoms with Crippen LogP contribution in [0.15, 0.2) is 17.6 Å². The molecule has 0 aliphatic heterocycles. The normalized spacial score (nSPS) is 37.5. The maximum absolute atomic E-state index is 9.90. The van der Waals surface area contributed by atoms with Gasteiger partial charge in [0.2, 0.25) is 0 Å². The van der Waals surface area contributed by atoms with Crippen LogP contribution in [-0.2, 0) is 4.70 Å². The molecular weight excluding hydrogens is 125 g/mol. The molecule has 0 spiro atoms. The summed E-state index contributed by atoms with van der Waals surface area (Å²) in [6.07, 6.45) is 4.24. The number of hydrogen-bond donors (Lipinski definition) is 0. The van der Waals surface area contributed by atoms with Crippen LogP contribution in [0.1, 0.15) is 13.3 Å². The molecule has 10 heavy (non-hydrogen) atoms.